The number of nitrogens with one attached hydrogen (secondary N) is 2. The van der Waals surface area contributed by atoms with Crippen LogP contribution in [0.2, 0.25) is 0 Å². The van der Waals surface area contributed by atoms with Gasteiger partial charge in [0.1, 0.15) is 17.5 Å². The van der Waals surface area contributed by atoms with Crippen molar-refractivity contribution < 1.29 is 13.9 Å². The molecular formula is C13H14FN3O2. The average molecular weight is 263 g/mol. The summed E-state index contributed by atoms with van der Waals surface area (Å²) in [5.74, 6) is -1.00. The summed E-state index contributed by atoms with van der Waals surface area (Å²) in [4.78, 5) is 11.6. The minimum atomic E-state index is -0.539. The number of benzene rings is 1. The fourth-order valence-electron chi connectivity index (χ4n) is 1.24. The Kier molecular flexibility index (Phi) is 6.06. The van der Waals surface area contributed by atoms with E-state index in [4.69, 9.17) is 10.00 Å². The molecule has 0 unspecified atom stereocenters. The largest absolute Gasteiger partial charge is 0.383 e. The number of hydrogen-bond acceptors (Lipinski definition) is 4. The van der Waals surface area contributed by atoms with Gasteiger partial charge in [-0.05, 0) is 12.1 Å². The number of rotatable bonds is 6. The maximum atomic E-state index is 13.3. The van der Waals surface area contributed by atoms with Crippen LogP contribution < -0.4 is 10.6 Å². The maximum absolute atomic E-state index is 13.3. The Labute approximate surface area is 110 Å². The van der Waals surface area contributed by atoms with Crippen molar-refractivity contribution in [2.75, 3.05) is 25.6 Å². The minimum absolute atomic E-state index is 0.139. The molecule has 1 amide bonds. The standard InChI is InChI=1S/C13H14FN3O2/c1-19-7-6-16-13(18)10(8-15)9-17-12-5-3-2-4-11(12)14/h2-5,9,17H,6-7H2,1H3,(H,16,18)/b10-9-. The van der Waals surface area contributed by atoms with Crippen LogP contribution in [0, 0.1) is 17.1 Å². The highest BCUT2D eigenvalue weighted by atomic mass is 19.1. The number of halogens is 1. The van der Waals surface area contributed by atoms with Crippen molar-refractivity contribution in [2.24, 2.45) is 0 Å². The van der Waals surface area contributed by atoms with Crippen molar-refractivity contribution in [3.8, 4) is 6.07 Å². The lowest BCUT2D eigenvalue weighted by atomic mass is 10.2. The Morgan fingerprint density at radius 1 is 1.53 bits per heavy atom. The summed E-state index contributed by atoms with van der Waals surface area (Å²) >= 11 is 0. The van der Waals surface area contributed by atoms with Gasteiger partial charge in [0, 0.05) is 19.9 Å². The fraction of sp³-hybridized carbons (Fsp3) is 0.231. The molecule has 0 bridgehead atoms. The number of hydrogen-bond donors (Lipinski definition) is 2. The van der Waals surface area contributed by atoms with Crippen molar-refractivity contribution in [3.05, 3.63) is 41.9 Å². The van der Waals surface area contributed by atoms with Crippen molar-refractivity contribution in [3.63, 3.8) is 0 Å². The number of methoxy groups -OCH3 is 1. The first kappa shape index (κ1) is 14.7. The van der Waals surface area contributed by atoms with E-state index < -0.39 is 11.7 Å². The zero-order chi connectivity index (χ0) is 14.1. The predicted molar refractivity (Wildman–Crippen MR) is 68.6 cm³/mol. The summed E-state index contributed by atoms with van der Waals surface area (Å²) in [6.45, 7) is 0.652. The van der Waals surface area contributed by atoms with Crippen LogP contribution >= 0.6 is 0 Å². The molecule has 1 aromatic carbocycles. The van der Waals surface area contributed by atoms with Gasteiger partial charge < -0.3 is 15.4 Å². The van der Waals surface area contributed by atoms with Crippen LogP contribution in [0.25, 0.3) is 0 Å². The molecule has 0 heterocycles. The van der Waals surface area contributed by atoms with E-state index in [1.165, 1.54) is 25.4 Å². The molecule has 0 spiro atoms. The lowest BCUT2D eigenvalue weighted by Gasteiger charge is -2.05. The molecule has 0 saturated heterocycles. The number of carbonyl (C=O) groups excluding carboxylic acids is 1. The molecule has 0 aliphatic carbocycles. The SMILES string of the molecule is COCCNC(=O)/C(C#N)=C\Nc1ccccc1F. The first-order chi connectivity index (χ1) is 9.19. The van der Waals surface area contributed by atoms with Crippen molar-refractivity contribution in [1.29, 1.82) is 5.26 Å². The molecule has 5 nitrogen and oxygen atoms in total. The molecule has 19 heavy (non-hydrogen) atoms. The van der Waals surface area contributed by atoms with E-state index in [0.29, 0.717) is 13.2 Å². The summed E-state index contributed by atoms with van der Waals surface area (Å²) in [6, 6.07) is 7.72. The highest BCUT2D eigenvalue weighted by Gasteiger charge is 2.08. The Morgan fingerprint density at radius 3 is 2.89 bits per heavy atom. The normalized spacial score (nSPS) is 10.7. The third-order valence-electron chi connectivity index (χ3n) is 2.20. The summed E-state index contributed by atoms with van der Waals surface area (Å²) in [7, 11) is 1.51. The van der Waals surface area contributed by atoms with E-state index in [0.717, 1.165) is 0 Å². The molecule has 0 saturated carbocycles. The number of para-hydroxylation sites is 1. The van der Waals surface area contributed by atoms with Crippen LogP contribution in [-0.2, 0) is 9.53 Å². The average Bonchev–Trinajstić information content (AvgIpc) is 2.41. The van der Waals surface area contributed by atoms with Crippen LogP contribution in [0.5, 0.6) is 0 Å². The van der Waals surface area contributed by atoms with Crippen LogP contribution in [0.4, 0.5) is 10.1 Å². The zero-order valence-corrected chi connectivity index (χ0v) is 10.4. The highest BCUT2D eigenvalue weighted by molar-refractivity contribution is 5.97. The lowest BCUT2D eigenvalue weighted by Crippen LogP contribution is -2.28. The van der Waals surface area contributed by atoms with Gasteiger partial charge in [-0.15, -0.1) is 0 Å². The van der Waals surface area contributed by atoms with Crippen molar-refractivity contribution in [2.45, 2.75) is 0 Å². The topological polar surface area (TPSA) is 74.1 Å². The third kappa shape index (κ3) is 4.77. The van der Waals surface area contributed by atoms with Gasteiger partial charge in [0.2, 0.25) is 0 Å². The van der Waals surface area contributed by atoms with E-state index in [1.807, 2.05) is 0 Å². The van der Waals surface area contributed by atoms with E-state index in [1.54, 1.807) is 18.2 Å². The molecule has 0 fully saturated rings. The number of nitrogens with zero attached hydrogens (tertiary/aromatic N) is 1. The molecule has 0 radical (unpaired) electrons. The van der Waals surface area contributed by atoms with Gasteiger partial charge in [0.15, 0.2) is 0 Å². The highest BCUT2D eigenvalue weighted by Crippen LogP contribution is 2.12. The van der Waals surface area contributed by atoms with Crippen molar-refractivity contribution >= 4 is 11.6 Å². The van der Waals surface area contributed by atoms with E-state index in [9.17, 15) is 9.18 Å². The van der Waals surface area contributed by atoms with Gasteiger partial charge in [-0.3, -0.25) is 4.79 Å². The molecule has 1 rings (SSSR count). The molecule has 100 valence electrons. The lowest BCUT2D eigenvalue weighted by molar-refractivity contribution is -0.117. The molecule has 0 aliphatic heterocycles. The second-order valence-electron chi connectivity index (χ2n) is 3.54. The Morgan fingerprint density at radius 2 is 2.26 bits per heavy atom. The van der Waals surface area contributed by atoms with Crippen LogP contribution in [0.3, 0.4) is 0 Å². The summed E-state index contributed by atoms with van der Waals surface area (Å²) in [6.07, 6.45) is 1.17. The van der Waals surface area contributed by atoms with Crippen LogP contribution in [-0.4, -0.2) is 26.2 Å². The second kappa shape index (κ2) is 7.84. The molecule has 0 aliphatic rings. The number of amides is 1. The van der Waals surface area contributed by atoms with E-state index in [-0.39, 0.29) is 11.3 Å². The Hall–Kier alpha value is -2.39. The monoisotopic (exact) mass is 263 g/mol. The summed E-state index contributed by atoms with van der Waals surface area (Å²) in [5.41, 5.74) is 0.0549. The van der Waals surface area contributed by atoms with E-state index >= 15 is 0 Å². The van der Waals surface area contributed by atoms with E-state index in [2.05, 4.69) is 10.6 Å². The summed E-state index contributed by atoms with van der Waals surface area (Å²) < 4.78 is 18.1. The van der Waals surface area contributed by atoms with Gasteiger partial charge in [-0.25, -0.2) is 4.39 Å². The number of anilines is 1. The smallest absolute Gasteiger partial charge is 0.263 e. The molecular weight excluding hydrogens is 249 g/mol. The van der Waals surface area contributed by atoms with Crippen LogP contribution in [0.15, 0.2) is 36.0 Å². The Bertz CT molecular complexity index is 509. The number of carbonyl (C=O) groups is 1. The zero-order valence-electron chi connectivity index (χ0n) is 10.4. The molecule has 0 atom stereocenters. The van der Waals surface area contributed by atoms with Gasteiger partial charge in [0.25, 0.3) is 5.91 Å². The quantitative estimate of drug-likeness (QED) is 0.462. The van der Waals surface area contributed by atoms with Gasteiger partial charge in [-0.2, -0.15) is 5.26 Å². The van der Waals surface area contributed by atoms with Crippen LogP contribution in [0.1, 0.15) is 0 Å². The third-order valence-corrected chi connectivity index (χ3v) is 2.20. The molecule has 0 aromatic heterocycles. The first-order valence-corrected chi connectivity index (χ1v) is 5.57. The van der Waals surface area contributed by atoms with Gasteiger partial charge in [0.05, 0.1) is 12.3 Å². The number of ether oxygens (including phenoxy) is 1. The fourth-order valence-corrected chi connectivity index (χ4v) is 1.24. The van der Waals surface area contributed by atoms with Gasteiger partial charge in [-0.1, -0.05) is 12.1 Å². The predicted octanol–water partition coefficient (Wildman–Crippen LogP) is 1.41. The minimum Gasteiger partial charge on any atom is -0.383 e. The Balaban J connectivity index is 2.65. The number of nitriles is 1. The molecule has 6 heteroatoms. The maximum Gasteiger partial charge on any atom is 0.263 e. The van der Waals surface area contributed by atoms with Crippen molar-refractivity contribution in [1.82, 2.24) is 5.32 Å². The summed E-state index contributed by atoms with van der Waals surface area (Å²) in [5, 5.41) is 13.9. The first-order valence-electron chi connectivity index (χ1n) is 5.57. The van der Waals surface area contributed by atoms with Gasteiger partial charge >= 0.3 is 0 Å². The molecule has 1 aromatic rings. The molecule has 2 N–H and O–H groups in total. The second-order valence-corrected chi connectivity index (χ2v) is 3.54.